The quantitative estimate of drug-likeness (QED) is 0.732. The lowest BCUT2D eigenvalue weighted by molar-refractivity contribution is 0.232. The fraction of sp³-hybridized carbons (Fsp3) is 0.333. The first-order valence-electron chi connectivity index (χ1n) is 7.36. The highest BCUT2D eigenvalue weighted by atomic mass is 16.3. The normalized spacial score (nSPS) is 13.8. The molecule has 2 aromatic rings. The molecule has 0 heterocycles. The molecule has 0 aliphatic rings. The van der Waals surface area contributed by atoms with Gasteiger partial charge in [0.15, 0.2) is 0 Å². The maximum absolute atomic E-state index is 9.54. The summed E-state index contributed by atoms with van der Waals surface area (Å²) < 4.78 is 0. The van der Waals surface area contributed by atoms with Gasteiger partial charge in [-0.05, 0) is 43.0 Å². The van der Waals surface area contributed by atoms with Crippen LogP contribution in [0.1, 0.15) is 18.1 Å². The van der Waals surface area contributed by atoms with E-state index in [4.69, 9.17) is 0 Å². The Morgan fingerprint density at radius 3 is 2.14 bits per heavy atom. The van der Waals surface area contributed by atoms with E-state index in [1.165, 1.54) is 11.1 Å². The molecular formula is C18H23NO2. The number of aliphatic hydroxyl groups is 1. The van der Waals surface area contributed by atoms with Crippen LogP contribution in [0.15, 0.2) is 54.6 Å². The zero-order valence-electron chi connectivity index (χ0n) is 12.4. The van der Waals surface area contributed by atoms with Gasteiger partial charge >= 0.3 is 0 Å². The van der Waals surface area contributed by atoms with Crippen LogP contribution in [0.2, 0.25) is 0 Å². The molecule has 0 fully saturated rings. The van der Waals surface area contributed by atoms with Crippen molar-refractivity contribution in [3.63, 3.8) is 0 Å². The number of hydrogen-bond acceptors (Lipinski definition) is 3. The van der Waals surface area contributed by atoms with Crippen molar-refractivity contribution in [3.05, 3.63) is 65.7 Å². The number of aliphatic hydroxyl groups excluding tert-OH is 1. The summed E-state index contributed by atoms with van der Waals surface area (Å²) in [4.78, 5) is 0. The predicted octanol–water partition coefficient (Wildman–Crippen LogP) is 2.52. The molecule has 3 nitrogen and oxygen atoms in total. The first-order chi connectivity index (χ1) is 10.2. The molecular weight excluding hydrogens is 262 g/mol. The zero-order chi connectivity index (χ0) is 15.1. The molecule has 2 rings (SSSR count). The molecule has 2 atom stereocenters. The summed E-state index contributed by atoms with van der Waals surface area (Å²) in [5, 5.41) is 22.3. The van der Waals surface area contributed by atoms with Crippen LogP contribution in [0.25, 0.3) is 0 Å². The van der Waals surface area contributed by atoms with E-state index < -0.39 is 0 Å². The summed E-state index contributed by atoms with van der Waals surface area (Å²) in [6.45, 7) is 2.23. The van der Waals surface area contributed by atoms with Crippen LogP contribution in [0.3, 0.4) is 0 Å². The van der Waals surface area contributed by atoms with Crippen LogP contribution in [0.5, 0.6) is 5.75 Å². The highest BCUT2D eigenvalue weighted by molar-refractivity contribution is 5.26. The standard InChI is InChI=1S/C18H23NO2/c1-14(11-16-7-9-18(21)10-8-16)19-17(13-20)12-15-5-3-2-4-6-15/h2-10,14,17,19-21H,11-13H2,1H3/t14?,17-/m0/s1. The van der Waals surface area contributed by atoms with Crippen molar-refractivity contribution in [3.8, 4) is 5.75 Å². The number of phenolic OH excluding ortho intramolecular Hbond substituents is 1. The molecule has 21 heavy (non-hydrogen) atoms. The maximum Gasteiger partial charge on any atom is 0.115 e. The van der Waals surface area contributed by atoms with E-state index in [1.54, 1.807) is 12.1 Å². The third-order valence-electron chi connectivity index (χ3n) is 3.54. The van der Waals surface area contributed by atoms with Gasteiger partial charge in [0.2, 0.25) is 0 Å². The van der Waals surface area contributed by atoms with Gasteiger partial charge in [0.25, 0.3) is 0 Å². The van der Waals surface area contributed by atoms with E-state index in [1.807, 2.05) is 30.3 Å². The van der Waals surface area contributed by atoms with Gasteiger partial charge in [-0.15, -0.1) is 0 Å². The van der Waals surface area contributed by atoms with Crippen molar-refractivity contribution < 1.29 is 10.2 Å². The van der Waals surface area contributed by atoms with Gasteiger partial charge in [-0.3, -0.25) is 0 Å². The van der Waals surface area contributed by atoms with Crippen molar-refractivity contribution >= 4 is 0 Å². The second kappa shape index (κ2) is 7.81. The van der Waals surface area contributed by atoms with Crippen molar-refractivity contribution in [1.29, 1.82) is 0 Å². The Balaban J connectivity index is 1.87. The SMILES string of the molecule is CC(Cc1ccc(O)cc1)N[C@H](CO)Cc1ccccc1. The molecule has 0 aliphatic heterocycles. The van der Waals surface area contributed by atoms with Gasteiger partial charge in [0.05, 0.1) is 6.61 Å². The molecule has 2 aromatic carbocycles. The third kappa shape index (κ3) is 5.21. The molecule has 0 aromatic heterocycles. The van der Waals surface area contributed by atoms with Crippen molar-refractivity contribution in [2.75, 3.05) is 6.61 Å². The first kappa shape index (κ1) is 15.5. The van der Waals surface area contributed by atoms with Crippen LogP contribution in [0, 0.1) is 0 Å². The molecule has 0 aliphatic carbocycles. The molecule has 0 bridgehead atoms. The second-order valence-corrected chi connectivity index (χ2v) is 5.51. The third-order valence-corrected chi connectivity index (χ3v) is 3.54. The minimum absolute atomic E-state index is 0.0551. The van der Waals surface area contributed by atoms with E-state index >= 15 is 0 Å². The Morgan fingerprint density at radius 1 is 0.905 bits per heavy atom. The number of aromatic hydroxyl groups is 1. The fourth-order valence-corrected chi connectivity index (χ4v) is 2.52. The Morgan fingerprint density at radius 2 is 1.52 bits per heavy atom. The highest BCUT2D eigenvalue weighted by Gasteiger charge is 2.12. The van der Waals surface area contributed by atoms with Gasteiger partial charge in [0.1, 0.15) is 5.75 Å². The average Bonchev–Trinajstić information content (AvgIpc) is 2.50. The van der Waals surface area contributed by atoms with Gasteiger partial charge < -0.3 is 15.5 Å². The Labute approximate surface area is 126 Å². The lowest BCUT2D eigenvalue weighted by Crippen LogP contribution is -2.41. The summed E-state index contributed by atoms with van der Waals surface area (Å²) in [7, 11) is 0. The Bertz CT molecular complexity index is 525. The second-order valence-electron chi connectivity index (χ2n) is 5.51. The maximum atomic E-state index is 9.54. The molecule has 0 spiro atoms. The Hall–Kier alpha value is -1.84. The fourth-order valence-electron chi connectivity index (χ4n) is 2.52. The number of benzene rings is 2. The Kier molecular flexibility index (Phi) is 5.78. The summed E-state index contributed by atoms with van der Waals surface area (Å²) in [5.41, 5.74) is 2.39. The smallest absolute Gasteiger partial charge is 0.115 e. The van der Waals surface area contributed by atoms with Gasteiger partial charge in [0, 0.05) is 12.1 Å². The molecule has 1 unspecified atom stereocenters. The van der Waals surface area contributed by atoms with Crippen molar-refractivity contribution in [2.45, 2.75) is 31.8 Å². The van der Waals surface area contributed by atoms with Gasteiger partial charge in [-0.2, -0.15) is 0 Å². The zero-order valence-corrected chi connectivity index (χ0v) is 12.4. The minimum atomic E-state index is 0.0551. The molecule has 0 saturated carbocycles. The van der Waals surface area contributed by atoms with Crippen LogP contribution in [-0.4, -0.2) is 28.9 Å². The van der Waals surface area contributed by atoms with Crippen LogP contribution in [0.4, 0.5) is 0 Å². The molecule has 0 amide bonds. The molecule has 112 valence electrons. The summed E-state index contributed by atoms with van der Waals surface area (Å²) in [5.74, 6) is 0.289. The monoisotopic (exact) mass is 285 g/mol. The van der Waals surface area contributed by atoms with Gasteiger partial charge in [-0.1, -0.05) is 42.5 Å². The van der Waals surface area contributed by atoms with Crippen LogP contribution < -0.4 is 5.32 Å². The lowest BCUT2D eigenvalue weighted by atomic mass is 10.0. The number of hydrogen-bond donors (Lipinski definition) is 3. The number of phenols is 1. The first-order valence-corrected chi connectivity index (χ1v) is 7.36. The number of rotatable bonds is 7. The van der Waals surface area contributed by atoms with Gasteiger partial charge in [-0.25, -0.2) is 0 Å². The van der Waals surface area contributed by atoms with E-state index in [0.29, 0.717) is 0 Å². The van der Waals surface area contributed by atoms with E-state index in [0.717, 1.165) is 12.8 Å². The van der Waals surface area contributed by atoms with E-state index in [-0.39, 0.29) is 24.4 Å². The summed E-state index contributed by atoms with van der Waals surface area (Å²) in [6.07, 6.45) is 1.68. The summed E-state index contributed by atoms with van der Waals surface area (Å²) in [6, 6.07) is 17.8. The van der Waals surface area contributed by atoms with Crippen LogP contribution >= 0.6 is 0 Å². The average molecular weight is 285 g/mol. The predicted molar refractivity (Wildman–Crippen MR) is 85.4 cm³/mol. The van der Waals surface area contributed by atoms with Crippen molar-refractivity contribution in [2.24, 2.45) is 0 Å². The van der Waals surface area contributed by atoms with E-state index in [2.05, 4.69) is 24.4 Å². The lowest BCUT2D eigenvalue weighted by Gasteiger charge is -2.22. The number of nitrogens with one attached hydrogen (secondary N) is 1. The largest absolute Gasteiger partial charge is 0.508 e. The minimum Gasteiger partial charge on any atom is -0.508 e. The van der Waals surface area contributed by atoms with Crippen LogP contribution in [-0.2, 0) is 12.8 Å². The van der Waals surface area contributed by atoms with Crippen molar-refractivity contribution in [1.82, 2.24) is 5.32 Å². The summed E-state index contributed by atoms with van der Waals surface area (Å²) >= 11 is 0. The van der Waals surface area contributed by atoms with E-state index in [9.17, 15) is 10.2 Å². The topological polar surface area (TPSA) is 52.5 Å². The molecule has 3 heteroatoms. The molecule has 0 radical (unpaired) electrons. The molecule has 0 saturated heterocycles. The highest BCUT2D eigenvalue weighted by Crippen LogP contribution is 2.12. The molecule has 3 N–H and O–H groups in total.